The lowest BCUT2D eigenvalue weighted by atomic mass is 10.0. The first-order valence-electron chi connectivity index (χ1n) is 7.15. The second-order valence-corrected chi connectivity index (χ2v) is 5.32. The van der Waals surface area contributed by atoms with Crippen molar-refractivity contribution in [1.29, 1.82) is 0 Å². The maximum Gasteiger partial charge on any atom is 0.329 e. The molecule has 2 atom stereocenters. The molecular weight excluding hydrogens is 312 g/mol. The molecule has 0 spiro atoms. The highest BCUT2D eigenvalue weighted by Crippen LogP contribution is 2.16. The van der Waals surface area contributed by atoms with Gasteiger partial charge in [0.1, 0.15) is 11.8 Å². The van der Waals surface area contributed by atoms with Crippen LogP contribution < -0.4 is 10.2 Å². The molecule has 2 aromatic heterocycles. The van der Waals surface area contributed by atoms with Gasteiger partial charge in [0, 0.05) is 32.1 Å². The van der Waals surface area contributed by atoms with Crippen LogP contribution in [0.3, 0.4) is 0 Å². The van der Waals surface area contributed by atoms with E-state index in [-0.39, 0.29) is 5.69 Å². The summed E-state index contributed by atoms with van der Waals surface area (Å²) in [6, 6.07) is 4.76. The van der Waals surface area contributed by atoms with Crippen molar-refractivity contribution >= 4 is 17.6 Å². The number of nitrogens with zero attached hydrogens (tertiary/aromatic N) is 3. The molecule has 0 fully saturated rings. The van der Waals surface area contributed by atoms with Crippen molar-refractivity contribution < 1.29 is 19.8 Å². The summed E-state index contributed by atoms with van der Waals surface area (Å²) in [6.45, 7) is 0. The van der Waals surface area contributed by atoms with Crippen LogP contribution in [0.1, 0.15) is 22.2 Å². The second-order valence-electron chi connectivity index (χ2n) is 5.32. The summed E-state index contributed by atoms with van der Waals surface area (Å²) in [7, 11) is 3.67. The van der Waals surface area contributed by atoms with Gasteiger partial charge in [-0.25, -0.2) is 9.78 Å². The molecule has 2 rings (SSSR count). The molecule has 2 unspecified atom stereocenters. The number of hydrogen-bond donors (Lipinski definition) is 3. The minimum atomic E-state index is -1.52. The van der Waals surface area contributed by atoms with Crippen molar-refractivity contribution in [2.24, 2.45) is 0 Å². The number of carbonyl (C=O) groups is 2. The van der Waals surface area contributed by atoms with Gasteiger partial charge in [-0.15, -0.1) is 0 Å². The number of aliphatic carboxylic acids is 1. The fourth-order valence-corrected chi connectivity index (χ4v) is 2.02. The Morgan fingerprint density at radius 1 is 1.21 bits per heavy atom. The molecule has 0 aliphatic rings. The third-order valence-corrected chi connectivity index (χ3v) is 3.39. The fourth-order valence-electron chi connectivity index (χ4n) is 2.02. The van der Waals surface area contributed by atoms with E-state index in [1.807, 2.05) is 19.0 Å². The van der Waals surface area contributed by atoms with Gasteiger partial charge in [0.2, 0.25) is 0 Å². The average molecular weight is 330 g/mol. The minimum Gasteiger partial charge on any atom is -0.480 e. The number of carboxylic acids is 1. The Bertz CT molecular complexity index is 704. The van der Waals surface area contributed by atoms with E-state index < -0.39 is 24.0 Å². The number of amides is 1. The standard InChI is InChI=1S/C16H18N4O4/c1-20(2)11-5-6-12(18-9-11)15(22)19-13(16(23)24)14(21)10-4-3-7-17-8-10/h3-9,13-14,21H,1-2H3,(H,19,22)(H,23,24). The number of anilines is 1. The van der Waals surface area contributed by atoms with Crippen molar-refractivity contribution in [1.82, 2.24) is 15.3 Å². The topological polar surface area (TPSA) is 116 Å². The van der Waals surface area contributed by atoms with E-state index in [1.54, 1.807) is 12.1 Å². The molecule has 0 aliphatic carbocycles. The van der Waals surface area contributed by atoms with Crippen molar-refractivity contribution in [3.63, 3.8) is 0 Å². The van der Waals surface area contributed by atoms with E-state index in [0.717, 1.165) is 5.69 Å². The van der Waals surface area contributed by atoms with Crippen LogP contribution in [0.4, 0.5) is 5.69 Å². The molecule has 0 radical (unpaired) electrons. The Hall–Kier alpha value is -3.00. The van der Waals surface area contributed by atoms with Gasteiger partial charge >= 0.3 is 5.97 Å². The second kappa shape index (κ2) is 7.51. The van der Waals surface area contributed by atoms with Gasteiger partial charge in [-0.2, -0.15) is 0 Å². The monoisotopic (exact) mass is 330 g/mol. The van der Waals surface area contributed by atoms with E-state index in [9.17, 15) is 19.8 Å². The van der Waals surface area contributed by atoms with Gasteiger partial charge in [0.15, 0.2) is 6.04 Å². The number of rotatable bonds is 6. The zero-order valence-corrected chi connectivity index (χ0v) is 13.2. The van der Waals surface area contributed by atoms with Crippen LogP contribution in [0, 0.1) is 0 Å². The fraction of sp³-hybridized carbons (Fsp3) is 0.250. The van der Waals surface area contributed by atoms with E-state index in [0.29, 0.717) is 5.56 Å². The van der Waals surface area contributed by atoms with Crippen LogP contribution in [0.2, 0.25) is 0 Å². The zero-order valence-electron chi connectivity index (χ0n) is 13.2. The summed E-state index contributed by atoms with van der Waals surface area (Å²) in [5, 5.41) is 21.8. The van der Waals surface area contributed by atoms with Crippen molar-refractivity contribution in [2.75, 3.05) is 19.0 Å². The lowest BCUT2D eigenvalue weighted by Gasteiger charge is -2.20. The highest BCUT2D eigenvalue weighted by atomic mass is 16.4. The quantitative estimate of drug-likeness (QED) is 0.704. The van der Waals surface area contributed by atoms with Gasteiger partial charge in [-0.1, -0.05) is 6.07 Å². The van der Waals surface area contributed by atoms with Crippen molar-refractivity contribution in [2.45, 2.75) is 12.1 Å². The van der Waals surface area contributed by atoms with E-state index in [2.05, 4.69) is 15.3 Å². The van der Waals surface area contributed by atoms with Crippen LogP contribution in [-0.2, 0) is 4.79 Å². The minimum absolute atomic E-state index is 0.0604. The number of carbonyl (C=O) groups excluding carboxylic acids is 1. The van der Waals surface area contributed by atoms with E-state index in [1.165, 1.54) is 30.7 Å². The number of carboxylic acid groups (broad SMARTS) is 1. The average Bonchev–Trinajstić information content (AvgIpc) is 2.59. The molecule has 126 valence electrons. The highest BCUT2D eigenvalue weighted by Gasteiger charge is 2.30. The first-order valence-corrected chi connectivity index (χ1v) is 7.15. The molecule has 0 saturated carbocycles. The number of nitrogens with one attached hydrogen (secondary N) is 1. The maximum absolute atomic E-state index is 12.2. The number of pyridine rings is 2. The van der Waals surface area contributed by atoms with Crippen molar-refractivity contribution in [3.05, 3.63) is 54.1 Å². The summed E-state index contributed by atoms with van der Waals surface area (Å²) in [5.41, 5.74) is 1.16. The van der Waals surface area contributed by atoms with Crippen LogP contribution in [0.25, 0.3) is 0 Å². The molecule has 3 N–H and O–H groups in total. The maximum atomic E-state index is 12.2. The predicted octanol–water partition coefficient (Wildman–Crippen LogP) is 0.459. The summed E-state index contributed by atoms with van der Waals surface area (Å²) in [5.74, 6) is -2.04. The summed E-state index contributed by atoms with van der Waals surface area (Å²) >= 11 is 0. The molecular formula is C16H18N4O4. The Morgan fingerprint density at radius 3 is 2.46 bits per heavy atom. The van der Waals surface area contributed by atoms with Gasteiger partial charge in [-0.05, 0) is 18.2 Å². The third kappa shape index (κ3) is 4.05. The number of aliphatic hydroxyl groups excluding tert-OH is 1. The van der Waals surface area contributed by atoms with Crippen molar-refractivity contribution in [3.8, 4) is 0 Å². The molecule has 2 aromatic rings. The lowest BCUT2D eigenvalue weighted by Crippen LogP contribution is -2.45. The van der Waals surface area contributed by atoms with Crippen LogP contribution in [-0.4, -0.2) is 52.2 Å². The number of aliphatic hydroxyl groups is 1. The van der Waals surface area contributed by atoms with Crippen LogP contribution >= 0.6 is 0 Å². The Morgan fingerprint density at radius 2 is 1.96 bits per heavy atom. The highest BCUT2D eigenvalue weighted by molar-refractivity contribution is 5.95. The molecule has 0 bridgehead atoms. The lowest BCUT2D eigenvalue weighted by molar-refractivity contribution is -0.142. The normalized spacial score (nSPS) is 13.0. The van der Waals surface area contributed by atoms with Gasteiger partial charge in [0.05, 0.1) is 11.9 Å². The smallest absolute Gasteiger partial charge is 0.329 e. The first kappa shape index (κ1) is 17.4. The van der Waals surface area contributed by atoms with E-state index >= 15 is 0 Å². The summed E-state index contributed by atoms with van der Waals surface area (Å²) < 4.78 is 0. The third-order valence-electron chi connectivity index (χ3n) is 3.39. The SMILES string of the molecule is CN(C)c1ccc(C(=O)NC(C(=O)O)C(O)c2cccnc2)nc1. The first-order chi connectivity index (χ1) is 11.4. The Balaban J connectivity index is 2.15. The summed E-state index contributed by atoms with van der Waals surface area (Å²) in [6.07, 6.45) is 2.92. The molecule has 0 aromatic carbocycles. The molecule has 8 heteroatoms. The molecule has 0 saturated heterocycles. The van der Waals surface area contributed by atoms with Crippen LogP contribution in [0.15, 0.2) is 42.9 Å². The number of hydrogen-bond acceptors (Lipinski definition) is 6. The summed E-state index contributed by atoms with van der Waals surface area (Å²) in [4.78, 5) is 33.3. The molecule has 8 nitrogen and oxygen atoms in total. The van der Waals surface area contributed by atoms with Gasteiger partial charge in [0.25, 0.3) is 5.91 Å². The van der Waals surface area contributed by atoms with Crippen LogP contribution in [0.5, 0.6) is 0 Å². The predicted molar refractivity (Wildman–Crippen MR) is 86.7 cm³/mol. The molecule has 24 heavy (non-hydrogen) atoms. The largest absolute Gasteiger partial charge is 0.480 e. The van der Waals surface area contributed by atoms with E-state index in [4.69, 9.17) is 0 Å². The number of aromatic nitrogens is 2. The zero-order chi connectivity index (χ0) is 17.7. The molecule has 1 amide bonds. The van der Waals surface area contributed by atoms with Gasteiger partial charge in [-0.3, -0.25) is 9.78 Å². The Kier molecular flexibility index (Phi) is 5.43. The Labute approximate surface area is 138 Å². The molecule has 0 aliphatic heterocycles. The van der Waals surface area contributed by atoms with Gasteiger partial charge < -0.3 is 20.4 Å². The molecule has 2 heterocycles.